The number of fused-ring (bicyclic) bond motifs is 1. The number of nitrogens with zero attached hydrogens (tertiary/aromatic N) is 5. The van der Waals surface area contributed by atoms with Crippen LogP contribution in [0.4, 0.5) is 4.39 Å². The van der Waals surface area contributed by atoms with Crippen molar-refractivity contribution in [2.24, 2.45) is 7.05 Å². The molecule has 1 aromatic carbocycles. The van der Waals surface area contributed by atoms with Crippen LogP contribution in [0.15, 0.2) is 53.6 Å². The van der Waals surface area contributed by atoms with E-state index in [1.807, 2.05) is 24.6 Å². The second-order valence-electron chi connectivity index (χ2n) is 8.55. The Morgan fingerprint density at radius 2 is 2.00 bits per heavy atom. The van der Waals surface area contributed by atoms with Crippen molar-refractivity contribution in [3.63, 3.8) is 0 Å². The highest BCUT2D eigenvalue weighted by atomic mass is 19.1. The normalized spacial score (nSPS) is 13.2. The number of pyridine rings is 1. The Labute approximate surface area is 196 Å². The Bertz CT molecular complexity index is 1400. The van der Waals surface area contributed by atoms with Crippen molar-refractivity contribution in [3.8, 4) is 39.7 Å². The molecule has 0 radical (unpaired) electrons. The summed E-state index contributed by atoms with van der Waals surface area (Å²) in [6, 6.07) is 9.65. The van der Waals surface area contributed by atoms with Gasteiger partial charge in [0, 0.05) is 61.4 Å². The molecular formula is C25H25FN6O2. The Kier molecular flexibility index (Phi) is 5.70. The van der Waals surface area contributed by atoms with Gasteiger partial charge in [0.2, 0.25) is 5.56 Å². The van der Waals surface area contributed by atoms with Gasteiger partial charge >= 0.3 is 0 Å². The van der Waals surface area contributed by atoms with E-state index in [0.717, 1.165) is 25.3 Å². The Morgan fingerprint density at radius 1 is 1.15 bits per heavy atom. The first-order valence-corrected chi connectivity index (χ1v) is 11.2. The number of hydrogen-bond acceptors (Lipinski definition) is 6. The van der Waals surface area contributed by atoms with Crippen molar-refractivity contribution in [1.82, 2.24) is 29.6 Å². The van der Waals surface area contributed by atoms with E-state index in [4.69, 9.17) is 14.8 Å². The molecule has 0 spiro atoms. The first kappa shape index (κ1) is 22.0. The van der Waals surface area contributed by atoms with Crippen LogP contribution in [0.3, 0.4) is 0 Å². The third kappa shape index (κ3) is 4.22. The van der Waals surface area contributed by atoms with Crippen LogP contribution in [0.2, 0.25) is 0 Å². The number of benzene rings is 1. The van der Waals surface area contributed by atoms with E-state index in [2.05, 4.69) is 10.3 Å². The van der Waals surface area contributed by atoms with Crippen molar-refractivity contribution in [2.45, 2.75) is 33.0 Å². The molecular weight excluding hydrogens is 435 g/mol. The summed E-state index contributed by atoms with van der Waals surface area (Å²) in [5.41, 5.74) is 4.33. The molecule has 0 aliphatic carbocycles. The van der Waals surface area contributed by atoms with Crippen LogP contribution < -0.4 is 15.6 Å². The predicted octanol–water partition coefficient (Wildman–Crippen LogP) is 3.40. The van der Waals surface area contributed by atoms with Gasteiger partial charge in [-0.2, -0.15) is 5.10 Å². The van der Waals surface area contributed by atoms with E-state index in [-0.39, 0.29) is 17.5 Å². The van der Waals surface area contributed by atoms with Crippen molar-refractivity contribution < 1.29 is 9.13 Å². The van der Waals surface area contributed by atoms with Gasteiger partial charge in [-0.05, 0) is 38.1 Å². The van der Waals surface area contributed by atoms with Crippen LogP contribution in [0.5, 0.6) is 5.75 Å². The fourth-order valence-electron chi connectivity index (χ4n) is 4.02. The molecule has 0 saturated heterocycles. The van der Waals surface area contributed by atoms with Gasteiger partial charge < -0.3 is 14.6 Å². The molecule has 0 unspecified atom stereocenters. The molecule has 9 heteroatoms. The second kappa shape index (κ2) is 8.83. The molecule has 1 aliphatic rings. The Balaban J connectivity index is 1.71. The van der Waals surface area contributed by atoms with E-state index in [1.54, 1.807) is 31.6 Å². The average Bonchev–Trinajstić information content (AvgIpc) is 3.25. The minimum Gasteiger partial charge on any atom is -0.490 e. The summed E-state index contributed by atoms with van der Waals surface area (Å²) >= 11 is 0. The lowest BCUT2D eigenvalue weighted by atomic mass is 10.0. The molecule has 0 atom stereocenters. The molecule has 0 bridgehead atoms. The minimum absolute atomic E-state index is 0.114. The molecule has 5 rings (SSSR count). The molecule has 1 aliphatic heterocycles. The maximum atomic E-state index is 14.1. The Morgan fingerprint density at radius 3 is 2.76 bits per heavy atom. The van der Waals surface area contributed by atoms with Gasteiger partial charge in [-0.1, -0.05) is 0 Å². The molecule has 3 aromatic heterocycles. The molecule has 4 aromatic rings. The van der Waals surface area contributed by atoms with Crippen molar-refractivity contribution in [2.75, 3.05) is 6.54 Å². The predicted molar refractivity (Wildman–Crippen MR) is 127 cm³/mol. The largest absolute Gasteiger partial charge is 0.490 e. The summed E-state index contributed by atoms with van der Waals surface area (Å²) in [5.74, 6) is 0.499. The fraction of sp³-hybridized carbons (Fsp3) is 0.280. The highest BCUT2D eigenvalue weighted by Crippen LogP contribution is 2.37. The van der Waals surface area contributed by atoms with E-state index in [9.17, 15) is 9.18 Å². The highest BCUT2D eigenvalue weighted by Gasteiger charge is 2.21. The summed E-state index contributed by atoms with van der Waals surface area (Å²) < 4.78 is 23.5. The van der Waals surface area contributed by atoms with E-state index in [0.29, 0.717) is 39.7 Å². The zero-order chi connectivity index (χ0) is 23.8. The van der Waals surface area contributed by atoms with Gasteiger partial charge in [-0.25, -0.2) is 14.4 Å². The van der Waals surface area contributed by atoms with Gasteiger partial charge in [0.25, 0.3) is 0 Å². The smallest absolute Gasteiger partial charge is 0.250 e. The number of aromatic nitrogens is 5. The third-order valence-electron chi connectivity index (χ3n) is 5.64. The topological polar surface area (TPSA) is 86.9 Å². The van der Waals surface area contributed by atoms with Crippen LogP contribution in [0.25, 0.3) is 33.9 Å². The van der Waals surface area contributed by atoms with Gasteiger partial charge in [0.1, 0.15) is 23.0 Å². The highest BCUT2D eigenvalue weighted by molar-refractivity contribution is 5.83. The first-order chi connectivity index (χ1) is 16.4. The van der Waals surface area contributed by atoms with Gasteiger partial charge in [-0.3, -0.25) is 9.48 Å². The lowest BCUT2D eigenvalue weighted by molar-refractivity contribution is 0.242. The molecule has 0 amide bonds. The Hall–Kier alpha value is -3.85. The number of nitrogens with one attached hydrogen (secondary N) is 1. The molecule has 0 fully saturated rings. The maximum absolute atomic E-state index is 14.1. The molecule has 4 heterocycles. The molecule has 34 heavy (non-hydrogen) atoms. The summed E-state index contributed by atoms with van der Waals surface area (Å²) in [5, 5.41) is 8.15. The summed E-state index contributed by atoms with van der Waals surface area (Å²) in [4.78, 5) is 21.3. The van der Waals surface area contributed by atoms with Crippen LogP contribution in [-0.2, 0) is 20.1 Å². The summed E-state index contributed by atoms with van der Waals surface area (Å²) in [6.45, 7) is 6.12. The maximum Gasteiger partial charge on any atom is 0.250 e. The second-order valence-corrected chi connectivity index (χ2v) is 8.55. The molecule has 8 nitrogen and oxygen atoms in total. The van der Waals surface area contributed by atoms with Gasteiger partial charge in [0.05, 0.1) is 18.3 Å². The van der Waals surface area contributed by atoms with Gasteiger partial charge in [-0.15, -0.1) is 0 Å². The summed E-state index contributed by atoms with van der Waals surface area (Å²) in [7, 11) is 1.69. The van der Waals surface area contributed by atoms with E-state index in [1.165, 1.54) is 22.8 Å². The zero-order valence-electron chi connectivity index (χ0n) is 19.2. The lowest BCUT2D eigenvalue weighted by Gasteiger charge is -2.16. The zero-order valence-corrected chi connectivity index (χ0v) is 19.2. The molecule has 1 N–H and O–H groups in total. The SMILES string of the molecule is CC(C)Oc1cc(F)ccc1-c1cnc(-c2ccc(=O)n(C)c2)nc1-c1cc2n(n1)CCNC2. The standard InChI is InChI=1S/C25H25FN6O2/c1-15(2)34-22-10-17(26)5-6-19(22)20-13-28-25(16-4-7-23(33)31(3)14-16)29-24(20)21-11-18-12-27-8-9-32(18)30-21/h4-7,10-11,13-15,27H,8-9,12H2,1-3H3. The average molecular weight is 461 g/mol. The van der Waals surface area contributed by atoms with Gasteiger partial charge in [0.15, 0.2) is 5.82 Å². The van der Waals surface area contributed by atoms with E-state index >= 15 is 0 Å². The van der Waals surface area contributed by atoms with Crippen LogP contribution in [-0.4, -0.2) is 37.0 Å². The number of aryl methyl sites for hydroxylation is 1. The number of rotatable bonds is 5. The molecule has 174 valence electrons. The number of hydrogen-bond donors (Lipinski definition) is 1. The minimum atomic E-state index is -0.382. The van der Waals surface area contributed by atoms with Crippen LogP contribution >= 0.6 is 0 Å². The summed E-state index contributed by atoms with van der Waals surface area (Å²) in [6.07, 6.45) is 3.27. The fourth-order valence-corrected chi connectivity index (χ4v) is 4.02. The first-order valence-electron chi connectivity index (χ1n) is 11.2. The van der Waals surface area contributed by atoms with Crippen molar-refractivity contribution in [1.29, 1.82) is 0 Å². The number of ether oxygens (including phenoxy) is 1. The number of halogens is 1. The quantitative estimate of drug-likeness (QED) is 0.491. The van der Waals surface area contributed by atoms with Crippen molar-refractivity contribution in [3.05, 3.63) is 70.7 Å². The third-order valence-corrected chi connectivity index (χ3v) is 5.64. The van der Waals surface area contributed by atoms with Crippen LogP contribution in [0, 0.1) is 5.82 Å². The van der Waals surface area contributed by atoms with Crippen molar-refractivity contribution >= 4 is 0 Å². The molecule has 0 saturated carbocycles. The monoisotopic (exact) mass is 460 g/mol. The van der Waals surface area contributed by atoms with E-state index < -0.39 is 0 Å². The van der Waals surface area contributed by atoms with Crippen LogP contribution in [0.1, 0.15) is 19.5 Å². The lowest BCUT2D eigenvalue weighted by Crippen LogP contribution is -2.28.